The van der Waals surface area contributed by atoms with Crippen LogP contribution in [0, 0.1) is 17.8 Å². The summed E-state index contributed by atoms with van der Waals surface area (Å²) < 4.78 is 12.8. The van der Waals surface area contributed by atoms with Gasteiger partial charge in [0.05, 0.1) is 13.2 Å². The predicted molar refractivity (Wildman–Crippen MR) is 122 cm³/mol. The predicted octanol–water partition coefficient (Wildman–Crippen LogP) is -0.616. The van der Waals surface area contributed by atoms with Gasteiger partial charge < -0.3 is 25.2 Å². The van der Waals surface area contributed by atoms with Gasteiger partial charge in [-0.3, -0.25) is 23.9 Å². The smallest absolute Gasteiger partial charge is 0.330 e. The first kappa shape index (κ1) is 25.7. The third-order valence-corrected chi connectivity index (χ3v) is 6.31. The molecule has 0 radical (unpaired) electrons. The molecule has 4 N–H and O–H groups in total. The van der Waals surface area contributed by atoms with E-state index in [4.69, 9.17) is 9.47 Å². The van der Waals surface area contributed by atoms with E-state index in [1.165, 1.54) is 17.7 Å². The molecule has 2 fully saturated rings. The van der Waals surface area contributed by atoms with Crippen LogP contribution in [0.3, 0.4) is 0 Å². The fourth-order valence-electron chi connectivity index (χ4n) is 4.15. The number of amides is 2. The lowest BCUT2D eigenvalue weighted by atomic mass is 9.96. The lowest BCUT2D eigenvalue weighted by molar-refractivity contribution is -0.175. The molecule has 2 amide bonds. The summed E-state index contributed by atoms with van der Waals surface area (Å²) in [5.41, 5.74) is -2.17. The number of rotatable bonds is 9. The summed E-state index contributed by atoms with van der Waals surface area (Å²) in [7, 11) is 0. The van der Waals surface area contributed by atoms with Gasteiger partial charge >= 0.3 is 5.69 Å². The number of hydrogen-bond donors (Lipinski definition) is 4. The first-order chi connectivity index (χ1) is 16.2. The molecule has 3 rings (SSSR count). The quantitative estimate of drug-likeness (QED) is 0.274. The van der Waals surface area contributed by atoms with Crippen molar-refractivity contribution in [3.05, 3.63) is 32.6 Å². The van der Waals surface area contributed by atoms with Crippen LogP contribution in [0.4, 0.5) is 0 Å². The molecular formula is C23H32N4O7. The Balaban J connectivity index is 1.57. The van der Waals surface area contributed by atoms with E-state index in [9.17, 15) is 24.3 Å². The largest absolute Gasteiger partial charge is 0.387 e. The second-order valence-corrected chi connectivity index (χ2v) is 8.76. The van der Waals surface area contributed by atoms with Gasteiger partial charge in [-0.05, 0) is 19.3 Å². The van der Waals surface area contributed by atoms with Crippen LogP contribution in [0.5, 0.6) is 0 Å². The van der Waals surface area contributed by atoms with Crippen molar-refractivity contribution in [3.63, 3.8) is 0 Å². The van der Waals surface area contributed by atoms with Gasteiger partial charge in [0.2, 0.25) is 11.8 Å². The molecule has 11 nitrogen and oxygen atoms in total. The van der Waals surface area contributed by atoms with Gasteiger partial charge in [-0.15, -0.1) is 0 Å². The number of carbonyl (C=O) groups is 2. The van der Waals surface area contributed by atoms with Gasteiger partial charge in [0.1, 0.15) is 23.4 Å². The maximum Gasteiger partial charge on any atom is 0.330 e. The number of H-pyrrole nitrogens is 1. The van der Waals surface area contributed by atoms with Gasteiger partial charge in [0, 0.05) is 25.6 Å². The zero-order valence-electron chi connectivity index (χ0n) is 19.7. The van der Waals surface area contributed by atoms with E-state index in [2.05, 4.69) is 27.5 Å². The van der Waals surface area contributed by atoms with E-state index in [0.717, 1.165) is 12.8 Å². The van der Waals surface area contributed by atoms with E-state index in [1.54, 1.807) is 0 Å². The average Bonchev–Trinajstić information content (AvgIpc) is 3.26. The third kappa shape index (κ3) is 5.58. The van der Waals surface area contributed by atoms with Crippen LogP contribution < -0.4 is 21.9 Å². The van der Waals surface area contributed by atoms with E-state index in [0.29, 0.717) is 19.4 Å². The molecule has 0 spiro atoms. The first-order valence-electron chi connectivity index (χ1n) is 11.5. The van der Waals surface area contributed by atoms with Crippen LogP contribution in [-0.2, 0) is 19.1 Å². The Kier molecular flexibility index (Phi) is 8.30. The summed E-state index contributed by atoms with van der Waals surface area (Å²) >= 11 is 0. The molecule has 5 atom stereocenters. The molecule has 186 valence electrons. The van der Waals surface area contributed by atoms with Crippen molar-refractivity contribution in [1.82, 2.24) is 20.2 Å². The molecule has 3 heterocycles. The average molecular weight is 477 g/mol. The number of ether oxygens (including phenoxy) is 2. The standard InChI is InChI=1S/C23H32N4O7/c1-4-23-13-33-17(18(23)29)21(34-23)27-12-16(20(31)26-22(27)32)9-7-11-25-19(30)14(2)8-5-6-10-24-15(3)28/h12,14,17-18,21,29H,4-6,8,10-11,13H2,1-3H3,(H,24,28)(H,25,30)(H,26,31,32)/t14?,17-,18?,21+,23-/m0/s1. The van der Waals surface area contributed by atoms with Crippen molar-refractivity contribution in [2.24, 2.45) is 5.92 Å². The summed E-state index contributed by atoms with van der Waals surface area (Å²) in [6.45, 7) is 6.01. The van der Waals surface area contributed by atoms with Crippen LogP contribution in [0.2, 0.25) is 0 Å². The number of aromatic nitrogens is 2. The Morgan fingerprint density at radius 3 is 2.79 bits per heavy atom. The Morgan fingerprint density at radius 1 is 1.35 bits per heavy atom. The molecule has 0 aromatic carbocycles. The van der Waals surface area contributed by atoms with Gasteiger partial charge in [-0.25, -0.2) is 4.79 Å². The lowest BCUT2D eigenvalue weighted by Crippen LogP contribution is -2.41. The Morgan fingerprint density at radius 2 is 2.12 bits per heavy atom. The minimum atomic E-state index is -0.876. The molecule has 34 heavy (non-hydrogen) atoms. The fraction of sp³-hybridized carbons (Fsp3) is 0.652. The highest BCUT2D eigenvalue weighted by atomic mass is 16.6. The van der Waals surface area contributed by atoms with E-state index in [-0.39, 0.29) is 36.4 Å². The number of unbranched alkanes of at least 4 members (excludes halogenated alkanes) is 1. The molecule has 2 aliphatic rings. The number of aromatic amines is 1. The van der Waals surface area contributed by atoms with E-state index >= 15 is 0 Å². The highest BCUT2D eigenvalue weighted by Crippen LogP contribution is 2.46. The van der Waals surface area contributed by atoms with Gasteiger partial charge in [0.15, 0.2) is 6.23 Å². The number of nitrogens with one attached hydrogen (secondary N) is 3. The summed E-state index contributed by atoms with van der Waals surface area (Å²) in [5.74, 6) is 4.97. The number of fused-ring (bicyclic) bond motifs is 2. The zero-order valence-corrected chi connectivity index (χ0v) is 19.7. The molecular weight excluding hydrogens is 444 g/mol. The topological polar surface area (TPSA) is 152 Å². The van der Waals surface area contributed by atoms with Gasteiger partial charge in [0.25, 0.3) is 5.56 Å². The van der Waals surface area contributed by atoms with Crippen molar-refractivity contribution < 1.29 is 24.2 Å². The highest BCUT2D eigenvalue weighted by molar-refractivity contribution is 5.78. The van der Waals surface area contributed by atoms with Gasteiger partial charge in [-0.2, -0.15) is 0 Å². The van der Waals surface area contributed by atoms with Crippen LogP contribution in [-0.4, -0.2) is 64.0 Å². The van der Waals surface area contributed by atoms with Crippen LogP contribution >= 0.6 is 0 Å². The summed E-state index contributed by atoms with van der Waals surface area (Å²) in [4.78, 5) is 49.8. The van der Waals surface area contributed by atoms with Crippen LogP contribution in [0.15, 0.2) is 15.8 Å². The Bertz CT molecular complexity index is 1090. The summed E-state index contributed by atoms with van der Waals surface area (Å²) in [6.07, 6.45) is 1.61. The van der Waals surface area contributed by atoms with Crippen LogP contribution in [0.25, 0.3) is 0 Å². The van der Waals surface area contributed by atoms with E-state index in [1.807, 2.05) is 13.8 Å². The second-order valence-electron chi connectivity index (χ2n) is 8.76. The molecule has 2 unspecified atom stereocenters. The van der Waals surface area contributed by atoms with Crippen molar-refractivity contribution in [2.75, 3.05) is 19.7 Å². The maximum atomic E-state index is 12.4. The van der Waals surface area contributed by atoms with Crippen molar-refractivity contribution >= 4 is 11.8 Å². The second kappa shape index (κ2) is 11.0. The van der Waals surface area contributed by atoms with E-state index < -0.39 is 35.3 Å². The molecule has 0 saturated carbocycles. The lowest BCUT2D eigenvalue weighted by Gasteiger charge is -2.30. The highest BCUT2D eigenvalue weighted by Gasteiger charge is 2.60. The Hall–Kier alpha value is -2.94. The van der Waals surface area contributed by atoms with Crippen molar-refractivity contribution in [1.29, 1.82) is 0 Å². The zero-order chi connectivity index (χ0) is 24.9. The fourth-order valence-corrected chi connectivity index (χ4v) is 4.15. The van der Waals surface area contributed by atoms with Gasteiger partial charge in [-0.1, -0.05) is 32.1 Å². The SMILES string of the molecule is CC[C@]12CO[C@@H](C1O)[C@H](n1cc(C#CCNC(=O)C(C)CCCCNC(C)=O)c(=O)[nH]c1=O)O2. The minimum Gasteiger partial charge on any atom is -0.387 e. The molecule has 2 saturated heterocycles. The van der Waals surface area contributed by atoms with Crippen molar-refractivity contribution in [3.8, 4) is 11.8 Å². The molecule has 2 bridgehead atoms. The van der Waals surface area contributed by atoms with Crippen molar-refractivity contribution in [2.45, 2.75) is 70.5 Å². The number of aliphatic hydroxyl groups excluding tert-OH is 1. The van der Waals surface area contributed by atoms with Crippen LogP contribution in [0.1, 0.15) is 58.2 Å². The molecule has 1 aromatic heterocycles. The summed E-state index contributed by atoms with van der Waals surface area (Å²) in [5, 5.41) is 15.9. The molecule has 0 aliphatic carbocycles. The molecule has 2 aliphatic heterocycles. The molecule has 11 heteroatoms. The Labute approximate surface area is 197 Å². The molecule has 1 aromatic rings. The number of hydrogen-bond acceptors (Lipinski definition) is 7. The number of aliphatic hydroxyl groups is 1. The maximum absolute atomic E-state index is 12.4. The summed E-state index contributed by atoms with van der Waals surface area (Å²) in [6, 6.07) is 0. The third-order valence-electron chi connectivity index (χ3n) is 6.31. The minimum absolute atomic E-state index is 0.0336. The first-order valence-corrected chi connectivity index (χ1v) is 11.5. The number of carbonyl (C=O) groups excluding carboxylic acids is 2. The monoisotopic (exact) mass is 476 g/mol. The normalized spacial score (nSPS) is 25.9. The number of nitrogens with zero attached hydrogens (tertiary/aromatic N) is 1.